The number of thiocarbonyl (C=S) groups is 1. The van der Waals surface area contributed by atoms with Crippen LogP contribution in [-0.2, 0) is 0 Å². The van der Waals surface area contributed by atoms with E-state index in [9.17, 15) is 10.1 Å². The number of nitro benzene ring substituents is 1. The molecule has 78 valence electrons. The Labute approximate surface area is 95.9 Å². The Morgan fingerprint density at radius 1 is 1.50 bits per heavy atom. The lowest BCUT2D eigenvalue weighted by Crippen LogP contribution is -2.07. The third-order valence-electron chi connectivity index (χ3n) is 1.68. The second-order valence-corrected chi connectivity index (χ2v) is 3.07. The van der Waals surface area contributed by atoms with E-state index in [2.05, 4.69) is 17.5 Å². The molecule has 1 aromatic rings. The maximum Gasteiger partial charge on any atom is 0.271 e. The van der Waals surface area contributed by atoms with Gasteiger partial charge < -0.3 is 5.32 Å². The summed E-state index contributed by atoms with van der Waals surface area (Å²) in [6, 6.07) is 7.15. The molecule has 0 unspecified atom stereocenters. The molecule has 1 rings (SSSR count). The summed E-state index contributed by atoms with van der Waals surface area (Å²) in [4.78, 5) is 9.75. The highest BCUT2D eigenvalue weighted by Crippen LogP contribution is 2.21. The van der Waals surface area contributed by atoms with E-state index >= 15 is 0 Å². The molecule has 1 aromatic carbocycles. The van der Waals surface area contributed by atoms with Crippen LogP contribution < -0.4 is 5.32 Å². The van der Waals surface area contributed by atoms with E-state index in [1.165, 1.54) is 12.1 Å². The summed E-state index contributed by atoms with van der Waals surface area (Å²) in [5.41, 5.74) is 0.161. The van der Waals surface area contributed by atoms with Crippen molar-refractivity contribution in [2.75, 3.05) is 5.32 Å². The standard InChI is InChI=1S/C9H4N4O2S/c10-4-6-1-2-7(13(14)15)3-8(6)12-9(16)5-11/h1-3H,(H,12,16). The van der Waals surface area contributed by atoms with Crippen LogP contribution in [0.1, 0.15) is 5.56 Å². The van der Waals surface area contributed by atoms with E-state index in [1.54, 1.807) is 6.07 Å². The molecule has 0 aliphatic carbocycles. The first-order valence-electron chi connectivity index (χ1n) is 3.98. The number of hydrogen-bond acceptors (Lipinski definition) is 5. The molecule has 1 N–H and O–H groups in total. The fourth-order valence-corrected chi connectivity index (χ4v) is 1.11. The number of hydrogen-bond donors (Lipinski definition) is 1. The Hall–Kier alpha value is -2.51. The van der Waals surface area contributed by atoms with Crippen molar-refractivity contribution in [2.24, 2.45) is 0 Å². The van der Waals surface area contributed by atoms with Gasteiger partial charge in [0.2, 0.25) is 0 Å². The Bertz CT molecular complexity index is 541. The number of rotatable bonds is 2. The van der Waals surface area contributed by atoms with Crippen molar-refractivity contribution in [1.29, 1.82) is 10.5 Å². The zero-order chi connectivity index (χ0) is 12.1. The van der Waals surface area contributed by atoms with E-state index in [0.717, 1.165) is 6.07 Å². The van der Waals surface area contributed by atoms with Gasteiger partial charge in [-0.1, -0.05) is 0 Å². The highest BCUT2D eigenvalue weighted by atomic mass is 32.1. The van der Waals surface area contributed by atoms with Gasteiger partial charge in [0.05, 0.1) is 16.2 Å². The second-order valence-electron chi connectivity index (χ2n) is 2.66. The van der Waals surface area contributed by atoms with Gasteiger partial charge in [-0.2, -0.15) is 10.5 Å². The number of non-ortho nitro benzene ring substituents is 1. The quantitative estimate of drug-likeness (QED) is 0.473. The van der Waals surface area contributed by atoms with Crippen molar-refractivity contribution in [2.45, 2.75) is 0 Å². The maximum atomic E-state index is 10.5. The van der Waals surface area contributed by atoms with Crippen LogP contribution in [0, 0.1) is 32.8 Å². The van der Waals surface area contributed by atoms with Gasteiger partial charge in [0, 0.05) is 12.1 Å². The first-order chi connectivity index (χ1) is 7.58. The van der Waals surface area contributed by atoms with E-state index in [1.807, 2.05) is 6.07 Å². The monoisotopic (exact) mass is 232 g/mol. The molecule has 0 spiro atoms. The molecule has 0 saturated heterocycles. The summed E-state index contributed by atoms with van der Waals surface area (Å²) in [6.45, 7) is 0. The SMILES string of the molecule is N#CC(=S)Nc1cc([N+](=O)[O-])ccc1C#N. The molecular weight excluding hydrogens is 228 g/mol. The third-order valence-corrected chi connectivity index (χ3v) is 1.88. The van der Waals surface area contributed by atoms with E-state index in [-0.39, 0.29) is 21.9 Å². The lowest BCUT2D eigenvalue weighted by molar-refractivity contribution is -0.384. The number of nitrogens with zero attached hydrogens (tertiary/aromatic N) is 3. The van der Waals surface area contributed by atoms with Crippen LogP contribution in [0.3, 0.4) is 0 Å². The minimum absolute atomic E-state index is 0.156. The smallest absolute Gasteiger partial charge is 0.271 e. The van der Waals surface area contributed by atoms with Gasteiger partial charge in [0.15, 0.2) is 4.99 Å². The van der Waals surface area contributed by atoms with Crippen molar-refractivity contribution >= 4 is 28.6 Å². The molecule has 6 nitrogen and oxygen atoms in total. The average molecular weight is 232 g/mol. The molecule has 0 bridgehead atoms. The Balaban J connectivity index is 3.19. The number of nitro groups is 1. The van der Waals surface area contributed by atoms with Crippen LogP contribution >= 0.6 is 12.2 Å². The Morgan fingerprint density at radius 2 is 2.19 bits per heavy atom. The molecule has 0 aromatic heterocycles. The lowest BCUT2D eigenvalue weighted by Gasteiger charge is -2.03. The summed E-state index contributed by atoms with van der Waals surface area (Å²) < 4.78 is 0. The molecule has 0 heterocycles. The molecule has 0 saturated carbocycles. The molecule has 0 aliphatic heterocycles. The van der Waals surface area contributed by atoms with Crippen LogP contribution in [0.25, 0.3) is 0 Å². The first-order valence-corrected chi connectivity index (χ1v) is 4.39. The van der Waals surface area contributed by atoms with Gasteiger partial charge in [-0.05, 0) is 18.3 Å². The normalized spacial score (nSPS) is 8.62. The number of benzene rings is 1. The van der Waals surface area contributed by atoms with Crippen LogP contribution in [0.5, 0.6) is 0 Å². The third kappa shape index (κ3) is 2.50. The summed E-state index contributed by atoms with van der Waals surface area (Å²) >= 11 is 4.60. The van der Waals surface area contributed by atoms with Gasteiger partial charge in [0.1, 0.15) is 12.1 Å². The maximum absolute atomic E-state index is 10.5. The molecule has 0 radical (unpaired) electrons. The minimum Gasteiger partial charge on any atom is -0.336 e. The molecule has 0 amide bonds. The summed E-state index contributed by atoms with van der Waals surface area (Å²) in [7, 11) is 0. The molecule has 7 heteroatoms. The van der Waals surface area contributed by atoms with Crippen molar-refractivity contribution in [3.05, 3.63) is 33.9 Å². The van der Waals surface area contributed by atoms with Crippen LogP contribution in [0.2, 0.25) is 0 Å². The highest BCUT2D eigenvalue weighted by Gasteiger charge is 2.11. The predicted molar refractivity (Wildman–Crippen MR) is 59.6 cm³/mol. The largest absolute Gasteiger partial charge is 0.336 e. The van der Waals surface area contributed by atoms with Crippen LogP contribution in [0.15, 0.2) is 18.2 Å². The number of anilines is 1. The highest BCUT2D eigenvalue weighted by molar-refractivity contribution is 7.81. The second kappa shape index (κ2) is 4.82. The number of nitriles is 2. The van der Waals surface area contributed by atoms with E-state index in [4.69, 9.17) is 10.5 Å². The molecule has 0 fully saturated rings. The fraction of sp³-hybridized carbons (Fsp3) is 0. The zero-order valence-corrected chi connectivity index (χ0v) is 8.61. The first kappa shape index (κ1) is 11.6. The van der Waals surface area contributed by atoms with Crippen molar-refractivity contribution in [3.8, 4) is 12.1 Å². The summed E-state index contributed by atoms with van der Waals surface area (Å²) in [5, 5.41) is 30.2. The van der Waals surface area contributed by atoms with Crippen LogP contribution in [0.4, 0.5) is 11.4 Å². The van der Waals surface area contributed by atoms with E-state index in [0.29, 0.717) is 0 Å². The Kier molecular flexibility index (Phi) is 3.49. The van der Waals surface area contributed by atoms with Crippen LogP contribution in [-0.4, -0.2) is 9.91 Å². The van der Waals surface area contributed by atoms with Gasteiger partial charge >= 0.3 is 0 Å². The Morgan fingerprint density at radius 3 is 2.69 bits per heavy atom. The van der Waals surface area contributed by atoms with Gasteiger partial charge in [-0.15, -0.1) is 0 Å². The van der Waals surface area contributed by atoms with E-state index < -0.39 is 4.92 Å². The molecule has 0 atom stereocenters. The minimum atomic E-state index is -0.595. The molecule has 16 heavy (non-hydrogen) atoms. The molecule has 0 aliphatic rings. The zero-order valence-electron chi connectivity index (χ0n) is 7.80. The predicted octanol–water partition coefficient (Wildman–Crippen LogP) is 1.73. The topological polar surface area (TPSA) is 103 Å². The summed E-state index contributed by atoms with van der Waals surface area (Å²) in [5.74, 6) is 0. The summed E-state index contributed by atoms with van der Waals surface area (Å²) in [6.07, 6.45) is 0. The van der Waals surface area contributed by atoms with Gasteiger partial charge in [-0.3, -0.25) is 10.1 Å². The van der Waals surface area contributed by atoms with Crippen molar-refractivity contribution in [3.63, 3.8) is 0 Å². The van der Waals surface area contributed by atoms with Gasteiger partial charge in [0.25, 0.3) is 5.69 Å². The molecular formula is C9H4N4O2S. The fourth-order valence-electron chi connectivity index (χ4n) is 0.997. The lowest BCUT2D eigenvalue weighted by atomic mass is 10.2. The van der Waals surface area contributed by atoms with Crippen molar-refractivity contribution in [1.82, 2.24) is 0 Å². The van der Waals surface area contributed by atoms with Crippen molar-refractivity contribution < 1.29 is 4.92 Å². The average Bonchev–Trinajstić information content (AvgIpc) is 2.28. The number of nitrogens with one attached hydrogen (secondary N) is 1. The van der Waals surface area contributed by atoms with Gasteiger partial charge in [-0.25, -0.2) is 0 Å².